The van der Waals surface area contributed by atoms with Crippen molar-refractivity contribution in [3.05, 3.63) is 23.8 Å². The van der Waals surface area contributed by atoms with Gasteiger partial charge >= 0.3 is 0 Å². The van der Waals surface area contributed by atoms with Gasteiger partial charge in [-0.25, -0.2) is 0 Å². The summed E-state index contributed by atoms with van der Waals surface area (Å²) in [6, 6.07) is 5.67. The highest BCUT2D eigenvalue weighted by atomic mass is 16.5. The largest absolute Gasteiger partial charge is 0.508 e. The smallest absolute Gasteiger partial charge is 0.124 e. The first-order valence-electron chi connectivity index (χ1n) is 7.44. The van der Waals surface area contributed by atoms with Crippen molar-refractivity contribution >= 4 is 0 Å². The van der Waals surface area contributed by atoms with Crippen LogP contribution < -0.4 is 4.74 Å². The van der Waals surface area contributed by atoms with Crippen LogP contribution in [0.4, 0.5) is 0 Å². The maximum Gasteiger partial charge on any atom is 0.124 e. The van der Waals surface area contributed by atoms with Crippen LogP contribution in [0.3, 0.4) is 0 Å². The number of hydrogen-bond donors (Lipinski definition) is 1. The normalized spacial score (nSPS) is 17.4. The molecule has 19 heavy (non-hydrogen) atoms. The summed E-state index contributed by atoms with van der Waals surface area (Å²) in [6.07, 6.45) is 7.81. The number of benzene rings is 1. The lowest BCUT2D eigenvalue weighted by Crippen LogP contribution is -2.23. The van der Waals surface area contributed by atoms with E-state index in [0.29, 0.717) is 5.75 Å². The maximum atomic E-state index is 9.84. The second-order valence-corrected chi connectivity index (χ2v) is 6.76. The molecule has 1 aromatic rings. The van der Waals surface area contributed by atoms with Crippen LogP contribution in [-0.2, 0) is 6.42 Å². The first kappa shape index (κ1) is 14.2. The van der Waals surface area contributed by atoms with Crippen molar-refractivity contribution in [2.75, 3.05) is 0 Å². The van der Waals surface area contributed by atoms with Crippen LogP contribution in [0.15, 0.2) is 18.2 Å². The Bertz CT molecular complexity index is 412. The van der Waals surface area contributed by atoms with Crippen LogP contribution in [0.5, 0.6) is 11.5 Å². The van der Waals surface area contributed by atoms with Gasteiger partial charge in [-0.1, -0.05) is 32.1 Å². The summed E-state index contributed by atoms with van der Waals surface area (Å²) in [6.45, 7) is 6.08. The number of hydrogen-bond acceptors (Lipinski definition) is 2. The third-order valence-corrected chi connectivity index (χ3v) is 3.62. The van der Waals surface area contributed by atoms with Gasteiger partial charge in [0.2, 0.25) is 0 Å². The van der Waals surface area contributed by atoms with E-state index >= 15 is 0 Å². The highest BCUT2D eigenvalue weighted by molar-refractivity contribution is 5.38. The van der Waals surface area contributed by atoms with Crippen LogP contribution in [0.2, 0.25) is 0 Å². The minimum Gasteiger partial charge on any atom is -0.508 e. The van der Waals surface area contributed by atoms with Gasteiger partial charge in [0.05, 0.1) is 0 Å². The molecule has 0 atom stereocenters. The molecule has 1 fully saturated rings. The number of rotatable bonds is 3. The monoisotopic (exact) mass is 262 g/mol. The van der Waals surface area contributed by atoms with Crippen molar-refractivity contribution in [3.8, 4) is 11.5 Å². The second kappa shape index (κ2) is 5.85. The molecule has 1 aliphatic carbocycles. The first-order valence-corrected chi connectivity index (χ1v) is 7.44. The lowest BCUT2D eigenvalue weighted by atomic mass is 9.85. The summed E-state index contributed by atoms with van der Waals surface area (Å²) < 4.78 is 5.85. The van der Waals surface area contributed by atoms with Gasteiger partial charge in [-0.05, 0) is 50.8 Å². The molecule has 0 heterocycles. The molecule has 1 N–H and O–H groups in total. The number of phenolic OH excluding ortho intramolecular Hbond substituents is 1. The van der Waals surface area contributed by atoms with Crippen LogP contribution >= 0.6 is 0 Å². The molecule has 0 bridgehead atoms. The fourth-order valence-electron chi connectivity index (χ4n) is 2.90. The predicted molar refractivity (Wildman–Crippen MR) is 78.8 cm³/mol. The first-order chi connectivity index (χ1) is 8.92. The second-order valence-electron chi connectivity index (χ2n) is 6.76. The average Bonchev–Trinajstić information content (AvgIpc) is 2.26. The van der Waals surface area contributed by atoms with Gasteiger partial charge in [0.25, 0.3) is 0 Å². The van der Waals surface area contributed by atoms with Gasteiger partial charge in [0.1, 0.15) is 17.1 Å². The fourth-order valence-corrected chi connectivity index (χ4v) is 2.90. The quantitative estimate of drug-likeness (QED) is 0.856. The van der Waals surface area contributed by atoms with Crippen molar-refractivity contribution in [1.29, 1.82) is 0 Å². The molecule has 1 aromatic carbocycles. The average molecular weight is 262 g/mol. The Morgan fingerprint density at radius 1 is 1.11 bits per heavy atom. The standard InChI is InChI=1S/C17H26O2/c1-17(2,3)19-16-11-14(10-15(18)12-16)9-13-7-5-4-6-8-13/h10-13,18H,4-9H2,1-3H3. The Kier molecular flexibility index (Phi) is 4.38. The van der Waals surface area contributed by atoms with Gasteiger partial charge in [-0.15, -0.1) is 0 Å². The van der Waals surface area contributed by atoms with E-state index in [1.165, 1.54) is 37.7 Å². The van der Waals surface area contributed by atoms with E-state index in [4.69, 9.17) is 4.74 Å². The SMILES string of the molecule is CC(C)(C)Oc1cc(O)cc(CC2CCCCC2)c1. The molecule has 0 aromatic heterocycles. The fraction of sp³-hybridized carbons (Fsp3) is 0.647. The minimum atomic E-state index is -0.226. The zero-order valence-electron chi connectivity index (χ0n) is 12.4. The summed E-state index contributed by atoms with van der Waals surface area (Å²) in [7, 11) is 0. The topological polar surface area (TPSA) is 29.5 Å². The third kappa shape index (κ3) is 4.77. The van der Waals surface area contributed by atoms with Crippen molar-refractivity contribution in [2.24, 2.45) is 5.92 Å². The van der Waals surface area contributed by atoms with E-state index in [1.807, 2.05) is 26.8 Å². The zero-order chi connectivity index (χ0) is 13.9. The lowest BCUT2D eigenvalue weighted by molar-refractivity contribution is 0.130. The van der Waals surface area contributed by atoms with E-state index in [0.717, 1.165) is 18.1 Å². The molecule has 0 amide bonds. The Hall–Kier alpha value is -1.18. The van der Waals surface area contributed by atoms with E-state index in [1.54, 1.807) is 6.07 Å². The molecule has 2 rings (SSSR count). The molecular weight excluding hydrogens is 236 g/mol. The van der Waals surface area contributed by atoms with Crippen molar-refractivity contribution in [1.82, 2.24) is 0 Å². The third-order valence-electron chi connectivity index (χ3n) is 3.62. The maximum absolute atomic E-state index is 9.84. The molecule has 0 unspecified atom stereocenters. The molecule has 0 aliphatic heterocycles. The summed E-state index contributed by atoms with van der Waals surface area (Å²) in [5.74, 6) is 1.86. The van der Waals surface area contributed by atoms with E-state index in [-0.39, 0.29) is 5.60 Å². The minimum absolute atomic E-state index is 0.226. The molecule has 0 saturated heterocycles. The van der Waals surface area contributed by atoms with Gasteiger partial charge < -0.3 is 9.84 Å². The van der Waals surface area contributed by atoms with Crippen molar-refractivity contribution in [3.63, 3.8) is 0 Å². The molecule has 0 spiro atoms. The summed E-state index contributed by atoms with van der Waals surface area (Å²) in [4.78, 5) is 0. The molecular formula is C17H26O2. The Morgan fingerprint density at radius 3 is 2.42 bits per heavy atom. The van der Waals surface area contributed by atoms with Crippen molar-refractivity contribution < 1.29 is 9.84 Å². The molecule has 106 valence electrons. The zero-order valence-corrected chi connectivity index (χ0v) is 12.4. The summed E-state index contributed by atoms with van der Waals surface area (Å²) in [5.41, 5.74) is 0.974. The van der Waals surface area contributed by atoms with Crippen molar-refractivity contribution in [2.45, 2.75) is 64.9 Å². The van der Waals surface area contributed by atoms with Crippen LogP contribution in [0.25, 0.3) is 0 Å². The van der Waals surface area contributed by atoms with Crippen LogP contribution in [0.1, 0.15) is 58.4 Å². The Balaban J connectivity index is 2.07. The highest BCUT2D eigenvalue weighted by Crippen LogP contribution is 2.30. The number of ether oxygens (including phenoxy) is 1. The van der Waals surface area contributed by atoms with E-state index in [9.17, 15) is 5.11 Å². The highest BCUT2D eigenvalue weighted by Gasteiger charge is 2.16. The molecule has 0 radical (unpaired) electrons. The van der Waals surface area contributed by atoms with Crippen LogP contribution in [-0.4, -0.2) is 10.7 Å². The predicted octanol–water partition coefficient (Wildman–Crippen LogP) is 4.69. The molecule has 1 aliphatic rings. The van der Waals surface area contributed by atoms with Gasteiger partial charge in [0.15, 0.2) is 0 Å². The van der Waals surface area contributed by atoms with Gasteiger partial charge in [-0.2, -0.15) is 0 Å². The summed E-state index contributed by atoms with van der Waals surface area (Å²) in [5, 5.41) is 9.84. The Morgan fingerprint density at radius 2 is 1.79 bits per heavy atom. The number of aromatic hydroxyl groups is 1. The number of phenols is 1. The van der Waals surface area contributed by atoms with Gasteiger partial charge in [0, 0.05) is 6.07 Å². The summed E-state index contributed by atoms with van der Waals surface area (Å²) >= 11 is 0. The van der Waals surface area contributed by atoms with Crippen LogP contribution in [0, 0.1) is 5.92 Å². The Labute approximate surface area is 116 Å². The van der Waals surface area contributed by atoms with E-state index in [2.05, 4.69) is 6.07 Å². The lowest BCUT2D eigenvalue weighted by Gasteiger charge is -2.24. The van der Waals surface area contributed by atoms with Gasteiger partial charge in [-0.3, -0.25) is 0 Å². The van der Waals surface area contributed by atoms with E-state index < -0.39 is 0 Å². The molecule has 2 nitrogen and oxygen atoms in total. The molecule has 1 saturated carbocycles. The molecule has 2 heteroatoms.